The number of hydrogen-bond acceptors (Lipinski definition) is 2. The Labute approximate surface area is 104 Å². The van der Waals surface area contributed by atoms with Gasteiger partial charge in [0.25, 0.3) is 0 Å². The van der Waals surface area contributed by atoms with E-state index in [0.29, 0.717) is 22.3 Å². The van der Waals surface area contributed by atoms with Crippen LogP contribution in [0.15, 0.2) is 24.3 Å². The summed E-state index contributed by atoms with van der Waals surface area (Å²) in [6.07, 6.45) is 0.632. The highest BCUT2D eigenvalue weighted by molar-refractivity contribution is 9.09. The third-order valence-electron chi connectivity index (χ3n) is 1.92. The number of alkyl halides is 1. The van der Waals surface area contributed by atoms with Crippen molar-refractivity contribution in [2.75, 3.05) is 11.1 Å². The summed E-state index contributed by atoms with van der Waals surface area (Å²) in [7, 11) is -3.03. The molecule has 0 bridgehead atoms. The van der Waals surface area contributed by atoms with Crippen molar-refractivity contribution in [1.29, 1.82) is 0 Å². The van der Waals surface area contributed by atoms with Gasteiger partial charge in [-0.2, -0.15) is 0 Å². The highest BCUT2D eigenvalue weighted by Crippen LogP contribution is 2.18. The lowest BCUT2D eigenvalue weighted by atomic mass is 10.2. The van der Waals surface area contributed by atoms with E-state index in [-0.39, 0.29) is 11.5 Å². The van der Waals surface area contributed by atoms with Crippen molar-refractivity contribution < 1.29 is 8.42 Å². The maximum absolute atomic E-state index is 11.6. The average Bonchev–Trinajstić information content (AvgIpc) is 2.18. The summed E-state index contributed by atoms with van der Waals surface area (Å²) in [6, 6.07) is 7.03. The molecule has 0 heterocycles. The molecule has 5 heteroatoms. The topological polar surface area (TPSA) is 34.1 Å². The van der Waals surface area contributed by atoms with Crippen LogP contribution < -0.4 is 0 Å². The Balaban J connectivity index is 2.74. The van der Waals surface area contributed by atoms with Gasteiger partial charge in [-0.25, -0.2) is 8.42 Å². The van der Waals surface area contributed by atoms with Gasteiger partial charge in [-0.05, 0) is 18.1 Å². The fourth-order valence-electron chi connectivity index (χ4n) is 1.20. The zero-order valence-corrected chi connectivity index (χ0v) is 11.3. The molecule has 0 amide bonds. The fourth-order valence-corrected chi connectivity index (χ4v) is 3.59. The first-order valence-corrected chi connectivity index (χ1v) is 7.87. The number of benzene rings is 1. The Morgan fingerprint density at radius 3 is 2.53 bits per heavy atom. The molecule has 0 aliphatic rings. The first kappa shape index (κ1) is 13.0. The molecule has 0 atom stereocenters. The van der Waals surface area contributed by atoms with Crippen LogP contribution in [-0.2, 0) is 15.6 Å². The van der Waals surface area contributed by atoms with Gasteiger partial charge in [0.05, 0.1) is 11.5 Å². The van der Waals surface area contributed by atoms with Gasteiger partial charge in [0.1, 0.15) is 0 Å². The fraction of sp³-hybridized carbons (Fsp3) is 0.400. The summed E-state index contributed by atoms with van der Waals surface area (Å²) < 4.78 is 23.3. The van der Waals surface area contributed by atoms with Gasteiger partial charge >= 0.3 is 0 Å². The molecular formula is C10H12BrClO2S. The Bertz CT molecular complexity index is 417. The predicted molar refractivity (Wildman–Crippen MR) is 67.4 cm³/mol. The Morgan fingerprint density at radius 1 is 1.27 bits per heavy atom. The van der Waals surface area contributed by atoms with E-state index in [0.717, 1.165) is 0 Å². The van der Waals surface area contributed by atoms with Gasteiger partial charge in [0.15, 0.2) is 9.84 Å². The summed E-state index contributed by atoms with van der Waals surface area (Å²) in [6.45, 7) is 0. The Morgan fingerprint density at radius 2 is 1.93 bits per heavy atom. The van der Waals surface area contributed by atoms with E-state index in [1.807, 2.05) is 0 Å². The second-order valence-electron chi connectivity index (χ2n) is 3.23. The van der Waals surface area contributed by atoms with Crippen LogP contribution in [0, 0.1) is 0 Å². The second kappa shape index (κ2) is 5.87. The first-order valence-electron chi connectivity index (χ1n) is 4.55. The molecule has 1 rings (SSSR count). The maximum atomic E-state index is 11.6. The van der Waals surface area contributed by atoms with Crippen LogP contribution in [0.25, 0.3) is 0 Å². The van der Waals surface area contributed by atoms with Crippen molar-refractivity contribution in [3.8, 4) is 0 Å². The molecule has 1 aromatic carbocycles. The third-order valence-corrected chi connectivity index (χ3v) is 4.51. The second-order valence-corrected chi connectivity index (χ2v) is 6.61. The number of sulfone groups is 1. The molecule has 0 aliphatic heterocycles. The normalized spacial score (nSPS) is 11.6. The molecule has 0 saturated carbocycles. The lowest BCUT2D eigenvalue weighted by molar-refractivity contribution is 0.594. The van der Waals surface area contributed by atoms with Gasteiger partial charge < -0.3 is 0 Å². The molecule has 0 unspecified atom stereocenters. The molecule has 0 N–H and O–H groups in total. The van der Waals surface area contributed by atoms with Crippen LogP contribution in [0.1, 0.15) is 12.0 Å². The van der Waals surface area contributed by atoms with Crippen molar-refractivity contribution >= 4 is 37.4 Å². The Kier molecular flexibility index (Phi) is 5.09. The minimum Gasteiger partial charge on any atom is -0.228 e. The van der Waals surface area contributed by atoms with E-state index in [2.05, 4.69) is 15.9 Å². The molecule has 1 aromatic rings. The number of rotatable bonds is 5. The summed E-state index contributed by atoms with van der Waals surface area (Å²) in [5, 5.41) is 1.22. The van der Waals surface area contributed by atoms with Crippen molar-refractivity contribution in [3.63, 3.8) is 0 Å². The molecule has 0 aliphatic carbocycles. The molecule has 0 saturated heterocycles. The van der Waals surface area contributed by atoms with Gasteiger partial charge in [-0.15, -0.1) is 0 Å². The van der Waals surface area contributed by atoms with Crippen molar-refractivity contribution in [1.82, 2.24) is 0 Å². The van der Waals surface area contributed by atoms with Gasteiger partial charge in [0, 0.05) is 10.4 Å². The van der Waals surface area contributed by atoms with E-state index in [4.69, 9.17) is 11.6 Å². The Hall–Kier alpha value is -0.0600. The zero-order valence-electron chi connectivity index (χ0n) is 8.12. The number of hydrogen-bond donors (Lipinski definition) is 0. The highest BCUT2D eigenvalue weighted by atomic mass is 79.9. The highest BCUT2D eigenvalue weighted by Gasteiger charge is 2.12. The van der Waals surface area contributed by atoms with Crippen molar-refractivity contribution in [2.45, 2.75) is 12.2 Å². The van der Waals surface area contributed by atoms with E-state index in [1.54, 1.807) is 24.3 Å². The predicted octanol–water partition coefficient (Wildman–Crippen LogP) is 3.04. The third kappa shape index (κ3) is 4.53. The lowest BCUT2D eigenvalue weighted by Crippen LogP contribution is -2.10. The summed E-state index contributed by atoms with van der Waals surface area (Å²) >= 11 is 9.10. The van der Waals surface area contributed by atoms with Crippen molar-refractivity contribution in [2.24, 2.45) is 0 Å². The maximum Gasteiger partial charge on any atom is 0.154 e. The smallest absolute Gasteiger partial charge is 0.154 e. The van der Waals surface area contributed by atoms with E-state index in [9.17, 15) is 8.42 Å². The van der Waals surface area contributed by atoms with Gasteiger partial charge in [-0.1, -0.05) is 45.7 Å². The monoisotopic (exact) mass is 310 g/mol. The van der Waals surface area contributed by atoms with Gasteiger partial charge in [0.2, 0.25) is 0 Å². The van der Waals surface area contributed by atoms with Crippen LogP contribution in [0.2, 0.25) is 5.02 Å². The van der Waals surface area contributed by atoms with E-state index < -0.39 is 9.84 Å². The summed E-state index contributed by atoms with van der Waals surface area (Å²) in [5.74, 6) is 0.225. The summed E-state index contributed by atoms with van der Waals surface area (Å²) in [5.41, 5.74) is 0.675. The molecule has 0 radical (unpaired) electrons. The largest absolute Gasteiger partial charge is 0.228 e. The van der Waals surface area contributed by atoms with Gasteiger partial charge in [-0.3, -0.25) is 0 Å². The van der Waals surface area contributed by atoms with E-state index >= 15 is 0 Å². The zero-order chi connectivity index (χ0) is 11.3. The first-order chi connectivity index (χ1) is 7.05. The number of halogens is 2. The van der Waals surface area contributed by atoms with E-state index in [1.165, 1.54) is 0 Å². The quantitative estimate of drug-likeness (QED) is 0.783. The molecule has 0 aromatic heterocycles. The van der Waals surface area contributed by atoms with Crippen LogP contribution in [0.3, 0.4) is 0 Å². The van der Waals surface area contributed by atoms with Crippen LogP contribution in [-0.4, -0.2) is 19.5 Å². The molecular weight excluding hydrogens is 300 g/mol. The summed E-state index contributed by atoms with van der Waals surface area (Å²) in [4.78, 5) is 0. The van der Waals surface area contributed by atoms with Crippen LogP contribution in [0.4, 0.5) is 0 Å². The molecule has 2 nitrogen and oxygen atoms in total. The average molecular weight is 312 g/mol. The SMILES string of the molecule is O=S(=O)(CCCBr)Cc1ccccc1Cl. The minimum atomic E-state index is -3.03. The molecule has 0 fully saturated rings. The molecule has 84 valence electrons. The lowest BCUT2D eigenvalue weighted by Gasteiger charge is -2.04. The minimum absolute atomic E-state index is 0.0275. The molecule has 0 spiro atoms. The van der Waals surface area contributed by atoms with Crippen LogP contribution >= 0.6 is 27.5 Å². The van der Waals surface area contributed by atoms with Crippen LogP contribution in [0.5, 0.6) is 0 Å². The standard InChI is InChI=1S/C10H12BrClO2S/c11-6-3-7-15(13,14)8-9-4-1-2-5-10(9)12/h1-2,4-5H,3,6-8H2. The van der Waals surface area contributed by atoms with Crippen molar-refractivity contribution in [3.05, 3.63) is 34.9 Å². The molecule has 15 heavy (non-hydrogen) atoms.